The van der Waals surface area contributed by atoms with E-state index >= 15 is 0 Å². The van der Waals surface area contributed by atoms with Crippen LogP contribution in [0.1, 0.15) is 25.0 Å². The van der Waals surface area contributed by atoms with Gasteiger partial charge in [0, 0.05) is 19.3 Å². The van der Waals surface area contributed by atoms with E-state index in [2.05, 4.69) is 4.90 Å². The van der Waals surface area contributed by atoms with Gasteiger partial charge in [0.1, 0.15) is 15.8 Å². The minimum Gasteiger partial charge on any atom is -0.454 e. The lowest BCUT2D eigenvalue weighted by Gasteiger charge is -2.36. The Morgan fingerprint density at radius 3 is 2.70 bits per heavy atom. The number of carbonyl (C=O) groups is 1. The number of morpholine rings is 1. The van der Waals surface area contributed by atoms with Crippen LogP contribution < -0.4 is 19.9 Å². The summed E-state index contributed by atoms with van der Waals surface area (Å²) >= 11 is 6.74. The molecule has 3 aromatic rings. The topological polar surface area (TPSA) is 85.6 Å². The van der Waals surface area contributed by atoms with Crippen LogP contribution in [-0.4, -0.2) is 56.6 Å². The number of thioether (sulfide) groups is 1. The summed E-state index contributed by atoms with van der Waals surface area (Å²) in [6.07, 6.45) is 3.27. The first kappa shape index (κ1) is 24.0. The van der Waals surface area contributed by atoms with Crippen LogP contribution in [0, 0.1) is 0 Å². The van der Waals surface area contributed by atoms with Crippen LogP contribution in [-0.2, 0) is 16.1 Å². The molecule has 11 heteroatoms. The number of aromatic nitrogens is 2. The number of amides is 1. The second kappa shape index (κ2) is 9.47. The third-order valence-electron chi connectivity index (χ3n) is 6.39. The zero-order valence-corrected chi connectivity index (χ0v) is 21.9. The summed E-state index contributed by atoms with van der Waals surface area (Å²) in [7, 11) is 0. The average molecular weight is 537 g/mol. The summed E-state index contributed by atoms with van der Waals surface area (Å²) in [4.78, 5) is 35.9. The van der Waals surface area contributed by atoms with Gasteiger partial charge < -0.3 is 19.1 Å². The highest BCUT2D eigenvalue weighted by Crippen LogP contribution is 2.37. The van der Waals surface area contributed by atoms with Gasteiger partial charge in [-0.2, -0.15) is 0 Å². The number of nitrogens with zero attached hydrogens (tertiary/aromatic N) is 4. The highest BCUT2D eigenvalue weighted by Gasteiger charge is 2.34. The van der Waals surface area contributed by atoms with Crippen molar-refractivity contribution in [1.82, 2.24) is 14.3 Å². The molecule has 0 spiro atoms. The van der Waals surface area contributed by atoms with Crippen molar-refractivity contribution in [3.8, 4) is 11.5 Å². The van der Waals surface area contributed by atoms with Gasteiger partial charge in [-0.25, -0.2) is 4.98 Å². The molecule has 0 N–H and O–H groups in total. The van der Waals surface area contributed by atoms with E-state index < -0.39 is 0 Å². The van der Waals surface area contributed by atoms with Gasteiger partial charge in [0.25, 0.3) is 11.5 Å². The predicted octanol–water partition coefficient (Wildman–Crippen LogP) is 3.44. The van der Waals surface area contributed by atoms with Crippen LogP contribution in [0.2, 0.25) is 0 Å². The first-order chi connectivity index (χ1) is 17.9. The molecule has 190 valence electrons. The maximum absolute atomic E-state index is 13.6. The van der Waals surface area contributed by atoms with Gasteiger partial charge in [0.05, 0.1) is 29.2 Å². The number of ether oxygens (including phenoxy) is 3. The number of rotatable bonds is 4. The van der Waals surface area contributed by atoms with Crippen molar-refractivity contribution in [2.45, 2.75) is 32.6 Å². The lowest BCUT2D eigenvalue weighted by Crippen LogP contribution is -2.46. The predicted molar refractivity (Wildman–Crippen MR) is 145 cm³/mol. The summed E-state index contributed by atoms with van der Waals surface area (Å²) in [6, 6.07) is 11.0. The summed E-state index contributed by atoms with van der Waals surface area (Å²) in [5.41, 5.74) is 1.52. The fourth-order valence-corrected chi connectivity index (χ4v) is 6.04. The van der Waals surface area contributed by atoms with E-state index in [1.165, 1.54) is 21.1 Å². The molecule has 0 saturated carbocycles. The molecular weight excluding hydrogens is 512 g/mol. The quantitative estimate of drug-likeness (QED) is 0.368. The van der Waals surface area contributed by atoms with Gasteiger partial charge in [0.15, 0.2) is 11.5 Å². The minimum atomic E-state index is -0.250. The number of benzene rings is 1. The van der Waals surface area contributed by atoms with Gasteiger partial charge in [-0.3, -0.25) is 18.9 Å². The molecule has 0 unspecified atom stereocenters. The van der Waals surface area contributed by atoms with Crippen molar-refractivity contribution in [1.29, 1.82) is 0 Å². The SMILES string of the molecule is C[C@H]1CN(c2nc3ccccn3c(=O)c2/C=C2\SC(=S)N(Cc3ccc4c(c3)OCO4)C2=O)C[C@H](C)O1. The molecule has 2 atom stereocenters. The van der Waals surface area contributed by atoms with Crippen molar-refractivity contribution in [3.63, 3.8) is 0 Å². The van der Waals surface area contributed by atoms with E-state index in [1.54, 1.807) is 24.4 Å². The standard InChI is InChI=1S/C26H24N4O5S2/c1-15-11-28(12-16(2)35-15)23-18(24(31)29-8-4-3-5-22(29)27-23)10-21-25(32)30(26(36)37-21)13-17-6-7-19-20(9-17)34-14-33-19/h3-10,15-16H,11-14H2,1-2H3/b21-10-/t15-,16-/m0/s1. The second-order valence-electron chi connectivity index (χ2n) is 9.20. The highest BCUT2D eigenvalue weighted by atomic mass is 32.2. The number of thiocarbonyl (C=S) groups is 1. The Morgan fingerprint density at radius 2 is 1.89 bits per heavy atom. The van der Waals surface area contributed by atoms with E-state index in [-0.39, 0.29) is 30.5 Å². The largest absolute Gasteiger partial charge is 0.454 e. The monoisotopic (exact) mass is 536 g/mol. The maximum atomic E-state index is 13.6. The molecule has 5 heterocycles. The molecular formula is C26H24N4O5S2. The summed E-state index contributed by atoms with van der Waals surface area (Å²) in [5, 5.41) is 0. The number of hydrogen-bond acceptors (Lipinski definition) is 9. The third kappa shape index (κ3) is 4.47. The van der Waals surface area contributed by atoms with Gasteiger partial charge in [-0.15, -0.1) is 0 Å². The van der Waals surface area contributed by atoms with Crippen molar-refractivity contribution < 1.29 is 19.0 Å². The van der Waals surface area contributed by atoms with Gasteiger partial charge >= 0.3 is 0 Å². The number of hydrogen-bond donors (Lipinski definition) is 0. The van der Waals surface area contributed by atoms with Crippen molar-refractivity contribution in [2.75, 3.05) is 24.8 Å². The Bertz CT molecular complexity index is 1510. The summed E-state index contributed by atoms with van der Waals surface area (Å²) in [5.74, 6) is 1.61. The van der Waals surface area contributed by atoms with Crippen LogP contribution in [0.5, 0.6) is 11.5 Å². The fourth-order valence-electron chi connectivity index (χ4n) is 4.80. The summed E-state index contributed by atoms with van der Waals surface area (Å²) < 4.78 is 18.6. The Hall–Kier alpha value is -3.41. The lowest BCUT2D eigenvalue weighted by molar-refractivity contribution is -0.122. The molecule has 3 aliphatic rings. The van der Waals surface area contributed by atoms with E-state index in [1.807, 2.05) is 38.1 Å². The van der Waals surface area contributed by atoms with Gasteiger partial charge in [-0.05, 0) is 49.8 Å². The molecule has 37 heavy (non-hydrogen) atoms. The van der Waals surface area contributed by atoms with Gasteiger partial charge in [0.2, 0.25) is 6.79 Å². The fraction of sp³-hybridized carbons (Fsp3) is 0.308. The first-order valence-corrected chi connectivity index (χ1v) is 13.2. The van der Waals surface area contributed by atoms with Crippen LogP contribution >= 0.6 is 24.0 Å². The van der Waals surface area contributed by atoms with Crippen LogP contribution in [0.15, 0.2) is 52.3 Å². The van der Waals surface area contributed by atoms with Crippen molar-refractivity contribution in [3.05, 3.63) is 69.0 Å². The van der Waals surface area contributed by atoms with Gasteiger partial charge in [-0.1, -0.05) is 36.1 Å². The molecule has 3 aliphatic heterocycles. The molecule has 2 fully saturated rings. The Balaban J connectivity index is 1.37. The third-order valence-corrected chi connectivity index (χ3v) is 7.77. The Labute approximate surface area is 222 Å². The number of anilines is 1. The van der Waals surface area contributed by atoms with Crippen LogP contribution in [0.25, 0.3) is 11.7 Å². The molecule has 6 rings (SSSR count). The van der Waals surface area contributed by atoms with E-state index in [9.17, 15) is 9.59 Å². The number of pyridine rings is 1. The molecule has 2 saturated heterocycles. The molecule has 1 aromatic carbocycles. The zero-order chi connectivity index (χ0) is 25.7. The molecule has 2 aromatic heterocycles. The van der Waals surface area contributed by atoms with E-state index in [4.69, 9.17) is 31.4 Å². The Morgan fingerprint density at radius 1 is 1.11 bits per heavy atom. The zero-order valence-electron chi connectivity index (χ0n) is 20.2. The Kier molecular flexibility index (Phi) is 6.13. The van der Waals surface area contributed by atoms with Crippen LogP contribution in [0.4, 0.5) is 5.82 Å². The van der Waals surface area contributed by atoms with Crippen molar-refractivity contribution in [2.24, 2.45) is 0 Å². The van der Waals surface area contributed by atoms with Crippen molar-refractivity contribution >= 4 is 51.7 Å². The molecule has 1 amide bonds. The highest BCUT2D eigenvalue weighted by molar-refractivity contribution is 8.26. The summed E-state index contributed by atoms with van der Waals surface area (Å²) in [6.45, 7) is 5.65. The van der Waals surface area contributed by atoms with E-state index in [0.29, 0.717) is 57.4 Å². The minimum absolute atomic E-state index is 0.0208. The number of carbonyl (C=O) groups excluding carboxylic acids is 1. The van der Waals surface area contributed by atoms with Crippen LogP contribution in [0.3, 0.4) is 0 Å². The first-order valence-electron chi connectivity index (χ1n) is 11.9. The normalized spacial score (nSPS) is 22.5. The molecule has 0 aliphatic carbocycles. The average Bonchev–Trinajstić information content (AvgIpc) is 3.44. The molecule has 0 bridgehead atoms. The smallest absolute Gasteiger partial charge is 0.267 e. The number of fused-ring (bicyclic) bond motifs is 2. The lowest BCUT2D eigenvalue weighted by atomic mass is 10.1. The van der Waals surface area contributed by atoms with E-state index in [0.717, 1.165) is 5.56 Å². The molecule has 0 radical (unpaired) electrons. The molecule has 9 nitrogen and oxygen atoms in total. The maximum Gasteiger partial charge on any atom is 0.267 e. The second-order valence-corrected chi connectivity index (χ2v) is 10.9.